The summed E-state index contributed by atoms with van der Waals surface area (Å²) in [5, 5.41) is 12.2. The number of imidazole rings is 1. The number of anilines is 1. The molecule has 6 nitrogen and oxygen atoms in total. The minimum Gasteiger partial charge on any atom is -0.479 e. The van der Waals surface area contributed by atoms with Gasteiger partial charge in [0.1, 0.15) is 17.6 Å². The van der Waals surface area contributed by atoms with Gasteiger partial charge in [-0.05, 0) is 43.0 Å². The maximum atomic E-state index is 12.9. The number of para-hydroxylation sites is 1. The Hall–Kier alpha value is -3.59. The first kappa shape index (κ1) is 20.7. The van der Waals surface area contributed by atoms with Crippen LogP contribution in [0.15, 0.2) is 54.7 Å². The Morgan fingerprint density at radius 1 is 1.16 bits per heavy atom. The first-order valence-corrected chi connectivity index (χ1v) is 10.7. The average Bonchev–Trinajstić information content (AvgIpc) is 3.22. The van der Waals surface area contributed by atoms with Gasteiger partial charge in [0, 0.05) is 30.4 Å². The molecule has 1 atom stereocenters. The van der Waals surface area contributed by atoms with E-state index in [9.17, 15) is 10.1 Å². The van der Waals surface area contributed by atoms with E-state index in [2.05, 4.69) is 22.1 Å². The molecule has 6 heteroatoms. The molecule has 3 aromatic rings. The molecule has 1 N–H and O–H groups in total. The Balaban J connectivity index is 1.46. The first-order valence-electron chi connectivity index (χ1n) is 10.7. The number of nitrogens with zero attached hydrogens (tertiary/aromatic N) is 3. The Labute approximate surface area is 182 Å². The molecule has 2 heterocycles. The summed E-state index contributed by atoms with van der Waals surface area (Å²) >= 11 is 0. The van der Waals surface area contributed by atoms with Crippen LogP contribution in [0.3, 0.4) is 0 Å². The molecule has 0 saturated carbocycles. The van der Waals surface area contributed by atoms with Crippen LogP contribution in [-0.4, -0.2) is 21.6 Å². The summed E-state index contributed by atoms with van der Waals surface area (Å²) in [6, 6.07) is 16.8. The third kappa shape index (κ3) is 4.61. The van der Waals surface area contributed by atoms with Crippen molar-refractivity contribution < 1.29 is 9.53 Å². The number of carbonyl (C=O) groups is 1. The van der Waals surface area contributed by atoms with E-state index in [0.717, 1.165) is 30.0 Å². The molecule has 0 fully saturated rings. The lowest BCUT2D eigenvalue weighted by molar-refractivity contribution is -0.124. The zero-order chi connectivity index (χ0) is 21.8. The molecule has 0 aliphatic carbocycles. The number of hydrogen-bond acceptors (Lipinski definition) is 4. The molecule has 1 aliphatic rings. The number of aromatic nitrogens is 2. The monoisotopic (exact) mass is 414 g/mol. The van der Waals surface area contributed by atoms with Gasteiger partial charge in [-0.25, -0.2) is 4.98 Å². The highest BCUT2D eigenvalue weighted by Crippen LogP contribution is 2.25. The number of amides is 1. The number of benzene rings is 2. The minimum absolute atomic E-state index is 0.0668. The highest BCUT2D eigenvalue weighted by Gasteiger charge is 2.25. The summed E-state index contributed by atoms with van der Waals surface area (Å²) in [5.41, 5.74) is 3.10. The Kier molecular flexibility index (Phi) is 6.03. The number of aryl methyl sites for hydroxylation is 2. The molecular formula is C25H26N4O2. The van der Waals surface area contributed by atoms with E-state index in [4.69, 9.17) is 9.72 Å². The second-order valence-electron chi connectivity index (χ2n) is 8.15. The summed E-state index contributed by atoms with van der Waals surface area (Å²) in [5.74, 6) is 1.25. The Morgan fingerprint density at radius 2 is 1.94 bits per heavy atom. The fraction of sp³-hybridized carbons (Fsp3) is 0.320. The standard InChI is InChI=1S/C25H26N4O2/c1-17(2)24(31-22-8-4-3-7-19(22)15-26)25(30)27-20-12-10-18(11-13-20)21-16-29-14-6-5-9-23(29)28-21/h3-4,7-8,10-13,16-17,24H,5-6,9,14H2,1-2H3,(H,27,30). The fourth-order valence-corrected chi connectivity index (χ4v) is 3.78. The average molecular weight is 415 g/mol. The van der Waals surface area contributed by atoms with Crippen LogP contribution in [-0.2, 0) is 17.8 Å². The van der Waals surface area contributed by atoms with Gasteiger partial charge in [-0.1, -0.05) is 38.1 Å². The van der Waals surface area contributed by atoms with Crippen LogP contribution in [0.4, 0.5) is 5.69 Å². The third-order valence-electron chi connectivity index (χ3n) is 5.48. The summed E-state index contributed by atoms with van der Waals surface area (Å²) < 4.78 is 8.16. The maximum Gasteiger partial charge on any atom is 0.265 e. The van der Waals surface area contributed by atoms with Crippen LogP contribution in [0.2, 0.25) is 0 Å². The number of ether oxygens (including phenoxy) is 1. The number of carbonyl (C=O) groups excluding carboxylic acids is 1. The largest absolute Gasteiger partial charge is 0.479 e. The number of rotatable bonds is 6. The summed E-state index contributed by atoms with van der Waals surface area (Å²) in [7, 11) is 0. The van der Waals surface area contributed by atoms with Crippen LogP contribution in [0, 0.1) is 17.2 Å². The molecule has 4 rings (SSSR count). The second-order valence-corrected chi connectivity index (χ2v) is 8.15. The highest BCUT2D eigenvalue weighted by atomic mass is 16.5. The van der Waals surface area contributed by atoms with Crippen molar-refractivity contribution in [1.29, 1.82) is 5.26 Å². The van der Waals surface area contributed by atoms with E-state index in [1.54, 1.807) is 24.3 Å². The highest BCUT2D eigenvalue weighted by molar-refractivity contribution is 5.94. The normalized spacial score (nSPS) is 13.9. The summed E-state index contributed by atoms with van der Waals surface area (Å²) in [6.45, 7) is 4.87. The maximum absolute atomic E-state index is 12.9. The van der Waals surface area contributed by atoms with Crippen LogP contribution < -0.4 is 10.1 Å². The molecule has 1 aliphatic heterocycles. The molecule has 0 saturated heterocycles. The van der Waals surface area contributed by atoms with Crippen molar-refractivity contribution in [2.45, 2.75) is 45.8 Å². The van der Waals surface area contributed by atoms with Crippen molar-refractivity contribution in [2.24, 2.45) is 5.92 Å². The lowest BCUT2D eigenvalue weighted by Gasteiger charge is -2.22. The van der Waals surface area contributed by atoms with Crippen molar-refractivity contribution in [3.63, 3.8) is 0 Å². The molecular weight excluding hydrogens is 388 g/mol. The quantitative estimate of drug-likeness (QED) is 0.628. The topological polar surface area (TPSA) is 79.9 Å². The van der Waals surface area contributed by atoms with Gasteiger partial charge in [-0.2, -0.15) is 5.26 Å². The number of fused-ring (bicyclic) bond motifs is 1. The van der Waals surface area contributed by atoms with Gasteiger partial charge in [0.05, 0.1) is 11.3 Å². The van der Waals surface area contributed by atoms with Crippen LogP contribution >= 0.6 is 0 Å². The Morgan fingerprint density at radius 3 is 2.65 bits per heavy atom. The smallest absolute Gasteiger partial charge is 0.265 e. The van der Waals surface area contributed by atoms with Crippen molar-refractivity contribution in [1.82, 2.24) is 9.55 Å². The number of nitriles is 1. The van der Waals surface area contributed by atoms with Crippen LogP contribution in [0.1, 0.15) is 38.1 Å². The molecule has 158 valence electrons. The van der Waals surface area contributed by atoms with Gasteiger partial charge in [-0.15, -0.1) is 0 Å². The SMILES string of the molecule is CC(C)C(Oc1ccccc1C#N)C(=O)Nc1ccc(-c2cn3c(n2)CCCC3)cc1. The van der Waals surface area contributed by atoms with E-state index < -0.39 is 6.10 Å². The zero-order valence-electron chi connectivity index (χ0n) is 17.8. The van der Waals surface area contributed by atoms with Gasteiger partial charge in [0.15, 0.2) is 6.10 Å². The van der Waals surface area contributed by atoms with Crippen LogP contribution in [0.25, 0.3) is 11.3 Å². The van der Waals surface area contributed by atoms with Crippen molar-refractivity contribution >= 4 is 11.6 Å². The minimum atomic E-state index is -0.714. The van der Waals surface area contributed by atoms with Gasteiger partial charge >= 0.3 is 0 Å². The van der Waals surface area contributed by atoms with Gasteiger partial charge in [0.25, 0.3) is 5.91 Å². The molecule has 1 unspecified atom stereocenters. The first-order chi connectivity index (χ1) is 15.0. The molecule has 31 heavy (non-hydrogen) atoms. The van der Waals surface area contributed by atoms with Gasteiger partial charge in [0.2, 0.25) is 0 Å². The second kappa shape index (κ2) is 9.05. The molecule has 0 radical (unpaired) electrons. The molecule has 1 aromatic heterocycles. The summed E-state index contributed by atoms with van der Waals surface area (Å²) in [4.78, 5) is 17.7. The van der Waals surface area contributed by atoms with Gasteiger partial charge in [-0.3, -0.25) is 4.79 Å². The van der Waals surface area contributed by atoms with Crippen molar-refractivity contribution in [2.75, 3.05) is 5.32 Å². The predicted octanol–water partition coefficient (Wildman–Crippen LogP) is 4.80. The zero-order valence-corrected chi connectivity index (χ0v) is 17.8. The molecule has 2 aromatic carbocycles. The van der Waals surface area contributed by atoms with Crippen molar-refractivity contribution in [3.05, 3.63) is 66.1 Å². The lowest BCUT2D eigenvalue weighted by atomic mass is 10.1. The van der Waals surface area contributed by atoms with E-state index in [1.807, 2.05) is 38.1 Å². The van der Waals surface area contributed by atoms with E-state index in [1.165, 1.54) is 12.8 Å². The number of nitrogens with one attached hydrogen (secondary N) is 1. The fourth-order valence-electron chi connectivity index (χ4n) is 3.78. The number of hydrogen-bond donors (Lipinski definition) is 1. The van der Waals surface area contributed by atoms with Crippen molar-refractivity contribution in [3.8, 4) is 23.1 Å². The van der Waals surface area contributed by atoms with E-state index in [-0.39, 0.29) is 11.8 Å². The Bertz CT molecular complexity index is 1090. The third-order valence-corrected chi connectivity index (χ3v) is 5.48. The summed E-state index contributed by atoms with van der Waals surface area (Å²) in [6.07, 6.45) is 4.82. The molecule has 0 spiro atoms. The van der Waals surface area contributed by atoms with E-state index >= 15 is 0 Å². The van der Waals surface area contributed by atoms with Crippen LogP contribution in [0.5, 0.6) is 5.75 Å². The predicted molar refractivity (Wildman–Crippen MR) is 120 cm³/mol. The van der Waals surface area contributed by atoms with E-state index in [0.29, 0.717) is 17.0 Å². The molecule has 0 bridgehead atoms. The van der Waals surface area contributed by atoms with Gasteiger partial charge < -0.3 is 14.6 Å². The lowest BCUT2D eigenvalue weighted by Crippen LogP contribution is -2.37. The molecule has 1 amide bonds.